The lowest BCUT2D eigenvalue weighted by atomic mass is 10.2. The fourth-order valence-electron chi connectivity index (χ4n) is 1.86. The molecule has 0 N–H and O–H groups in total. The second-order valence-electron chi connectivity index (χ2n) is 3.98. The van der Waals surface area contributed by atoms with Crippen LogP contribution < -0.4 is 9.64 Å². The number of methoxy groups -OCH3 is 2. The van der Waals surface area contributed by atoms with Crippen LogP contribution in [-0.4, -0.2) is 33.3 Å². The van der Waals surface area contributed by atoms with Crippen LogP contribution in [0.25, 0.3) is 0 Å². The third-order valence-electron chi connectivity index (χ3n) is 2.91. The molecule has 0 amide bonds. The fraction of sp³-hybridized carbons (Fsp3) is 0.571. The largest absolute Gasteiger partial charge is 0.492 e. The summed E-state index contributed by atoms with van der Waals surface area (Å²) in [5.41, 5.74) is 0.975. The van der Waals surface area contributed by atoms with Gasteiger partial charge in [-0.1, -0.05) is 12.1 Å². The Balaban J connectivity index is 3.11. The molecule has 0 saturated heterocycles. The van der Waals surface area contributed by atoms with E-state index >= 15 is 0 Å². The van der Waals surface area contributed by atoms with Crippen LogP contribution in [0.4, 0.5) is 5.69 Å². The van der Waals surface area contributed by atoms with Crippen LogP contribution in [0.2, 0.25) is 0 Å². The first-order valence-corrected chi connectivity index (χ1v) is 6.21. The highest BCUT2D eigenvalue weighted by molar-refractivity contribution is 5.59. The van der Waals surface area contributed by atoms with Crippen molar-refractivity contribution in [1.82, 2.24) is 0 Å². The first-order chi connectivity index (χ1) is 8.65. The highest BCUT2D eigenvalue weighted by Crippen LogP contribution is 2.31. The van der Waals surface area contributed by atoms with Crippen LogP contribution in [0.15, 0.2) is 24.3 Å². The van der Waals surface area contributed by atoms with Crippen molar-refractivity contribution in [1.29, 1.82) is 0 Å². The van der Waals surface area contributed by atoms with Gasteiger partial charge >= 0.3 is 0 Å². The Hall–Kier alpha value is -1.26. The molecule has 0 fully saturated rings. The molecule has 0 bridgehead atoms. The van der Waals surface area contributed by atoms with E-state index in [1.165, 1.54) is 0 Å². The van der Waals surface area contributed by atoms with Gasteiger partial charge in [0.2, 0.25) is 0 Å². The molecule has 0 aromatic heterocycles. The van der Waals surface area contributed by atoms with Crippen LogP contribution >= 0.6 is 0 Å². The first kappa shape index (κ1) is 14.8. The predicted octanol–water partition coefficient (Wildman–Crippen LogP) is 2.88. The second-order valence-corrected chi connectivity index (χ2v) is 3.98. The van der Waals surface area contributed by atoms with Crippen molar-refractivity contribution in [3.8, 4) is 5.75 Å². The molecule has 0 radical (unpaired) electrons. The summed E-state index contributed by atoms with van der Waals surface area (Å²) in [4.78, 5) is 2.05. The van der Waals surface area contributed by atoms with E-state index in [0.717, 1.165) is 11.4 Å². The number of nitrogens with zero attached hydrogens (tertiary/aromatic N) is 1. The van der Waals surface area contributed by atoms with Crippen molar-refractivity contribution in [3.05, 3.63) is 24.3 Å². The van der Waals surface area contributed by atoms with Gasteiger partial charge in [-0.05, 0) is 32.9 Å². The van der Waals surface area contributed by atoms with E-state index < -0.39 is 0 Å². The van der Waals surface area contributed by atoms with Crippen LogP contribution in [-0.2, 0) is 9.47 Å². The van der Waals surface area contributed by atoms with Crippen molar-refractivity contribution in [2.75, 3.05) is 25.7 Å². The van der Waals surface area contributed by atoms with E-state index in [-0.39, 0.29) is 12.5 Å². The summed E-state index contributed by atoms with van der Waals surface area (Å²) >= 11 is 0. The highest BCUT2D eigenvalue weighted by Gasteiger charge is 2.23. The van der Waals surface area contributed by atoms with Gasteiger partial charge in [0, 0.05) is 14.2 Å². The molecule has 102 valence electrons. The number of hydrogen-bond acceptors (Lipinski definition) is 4. The molecule has 4 heteroatoms. The molecule has 2 atom stereocenters. The van der Waals surface area contributed by atoms with Gasteiger partial charge in [-0.3, -0.25) is 0 Å². The zero-order valence-corrected chi connectivity index (χ0v) is 11.8. The molecule has 4 nitrogen and oxygen atoms in total. The summed E-state index contributed by atoms with van der Waals surface area (Å²) in [6, 6.07) is 7.91. The van der Waals surface area contributed by atoms with Gasteiger partial charge in [-0.15, -0.1) is 0 Å². The minimum absolute atomic E-state index is 0.0958. The summed E-state index contributed by atoms with van der Waals surface area (Å²) < 4.78 is 16.5. The zero-order valence-electron chi connectivity index (χ0n) is 11.8. The lowest BCUT2D eigenvalue weighted by Gasteiger charge is -2.35. The van der Waals surface area contributed by atoms with Gasteiger partial charge in [-0.25, -0.2) is 0 Å². The van der Waals surface area contributed by atoms with Crippen LogP contribution in [0.5, 0.6) is 5.75 Å². The summed E-state index contributed by atoms with van der Waals surface area (Å²) in [5, 5.41) is 0. The Kier molecular flexibility index (Phi) is 5.95. The van der Waals surface area contributed by atoms with Gasteiger partial charge in [0.15, 0.2) is 0 Å². The fourth-order valence-corrected chi connectivity index (χ4v) is 1.86. The van der Waals surface area contributed by atoms with Gasteiger partial charge in [0.1, 0.15) is 18.2 Å². The Morgan fingerprint density at radius 2 is 1.61 bits per heavy atom. The number of anilines is 1. The standard InChI is InChI=1S/C14H23NO3/c1-6-18-14-10-8-7-9-13(14)15(11(2)16-4)12(3)17-5/h7-12H,6H2,1-5H3. The van der Waals surface area contributed by atoms with E-state index in [2.05, 4.69) is 0 Å². The predicted molar refractivity (Wildman–Crippen MR) is 73.0 cm³/mol. The topological polar surface area (TPSA) is 30.9 Å². The van der Waals surface area contributed by atoms with Crippen LogP contribution in [0.1, 0.15) is 20.8 Å². The van der Waals surface area contributed by atoms with Crippen molar-refractivity contribution < 1.29 is 14.2 Å². The number of benzene rings is 1. The highest BCUT2D eigenvalue weighted by atomic mass is 16.5. The van der Waals surface area contributed by atoms with E-state index in [0.29, 0.717) is 6.61 Å². The quantitative estimate of drug-likeness (QED) is 0.699. The molecule has 1 aromatic carbocycles. The summed E-state index contributed by atoms with van der Waals surface area (Å²) in [7, 11) is 3.37. The van der Waals surface area contributed by atoms with Gasteiger partial charge in [0.05, 0.1) is 12.3 Å². The SMILES string of the molecule is CCOc1ccccc1N(C(C)OC)C(C)OC. The van der Waals surface area contributed by atoms with Crippen LogP contribution in [0.3, 0.4) is 0 Å². The molecule has 1 aromatic rings. The van der Waals surface area contributed by atoms with Gasteiger partial charge < -0.3 is 19.1 Å². The number of hydrogen-bond donors (Lipinski definition) is 0. The zero-order chi connectivity index (χ0) is 13.5. The molecule has 0 aliphatic carbocycles. The maximum Gasteiger partial charge on any atom is 0.142 e. The second kappa shape index (κ2) is 7.24. The van der Waals surface area contributed by atoms with Gasteiger partial charge in [-0.2, -0.15) is 0 Å². The summed E-state index contributed by atoms with van der Waals surface area (Å²) in [6.07, 6.45) is -0.192. The Labute approximate surface area is 109 Å². The van der Waals surface area contributed by atoms with Crippen molar-refractivity contribution in [2.45, 2.75) is 33.2 Å². The van der Waals surface area contributed by atoms with E-state index in [1.807, 2.05) is 49.9 Å². The molecule has 18 heavy (non-hydrogen) atoms. The molecule has 0 aliphatic heterocycles. The van der Waals surface area contributed by atoms with E-state index in [4.69, 9.17) is 14.2 Å². The van der Waals surface area contributed by atoms with Crippen LogP contribution in [0, 0.1) is 0 Å². The Bertz CT molecular complexity index is 347. The smallest absolute Gasteiger partial charge is 0.142 e. The molecule has 0 saturated carbocycles. The number of rotatable bonds is 7. The van der Waals surface area contributed by atoms with Crippen molar-refractivity contribution >= 4 is 5.69 Å². The van der Waals surface area contributed by atoms with Gasteiger partial charge in [0.25, 0.3) is 0 Å². The average Bonchev–Trinajstić information content (AvgIpc) is 2.40. The molecular formula is C14H23NO3. The normalized spacial score (nSPS) is 14.1. The lowest BCUT2D eigenvalue weighted by Crippen LogP contribution is -2.42. The molecule has 0 heterocycles. The van der Waals surface area contributed by atoms with E-state index in [9.17, 15) is 0 Å². The summed E-state index contributed by atoms with van der Waals surface area (Å²) in [6.45, 7) is 6.57. The molecule has 2 unspecified atom stereocenters. The molecule has 0 spiro atoms. The minimum atomic E-state index is -0.0958. The van der Waals surface area contributed by atoms with Crippen molar-refractivity contribution in [2.24, 2.45) is 0 Å². The first-order valence-electron chi connectivity index (χ1n) is 6.21. The number of ether oxygens (including phenoxy) is 3. The monoisotopic (exact) mass is 253 g/mol. The molecular weight excluding hydrogens is 230 g/mol. The average molecular weight is 253 g/mol. The minimum Gasteiger partial charge on any atom is -0.492 e. The number of para-hydroxylation sites is 2. The van der Waals surface area contributed by atoms with Crippen molar-refractivity contribution in [3.63, 3.8) is 0 Å². The Morgan fingerprint density at radius 1 is 1.06 bits per heavy atom. The maximum absolute atomic E-state index is 5.65. The summed E-state index contributed by atoms with van der Waals surface area (Å²) in [5.74, 6) is 0.841. The molecule has 0 aliphatic rings. The molecule has 1 rings (SSSR count). The maximum atomic E-state index is 5.65. The van der Waals surface area contributed by atoms with E-state index in [1.54, 1.807) is 14.2 Å². The Morgan fingerprint density at radius 3 is 2.11 bits per heavy atom. The third-order valence-corrected chi connectivity index (χ3v) is 2.91. The lowest BCUT2D eigenvalue weighted by molar-refractivity contribution is 0.0421. The third kappa shape index (κ3) is 3.37.